The molecular formula is C16H21BrF3N7. The molecule has 2 aromatic rings. The summed E-state index contributed by atoms with van der Waals surface area (Å²) in [6.45, 7) is 1.42. The summed E-state index contributed by atoms with van der Waals surface area (Å²) in [7, 11) is 5.53. The lowest BCUT2D eigenvalue weighted by molar-refractivity contribution is -0.141. The molecule has 2 rings (SSSR count). The van der Waals surface area contributed by atoms with E-state index in [2.05, 4.69) is 41.5 Å². The lowest BCUT2D eigenvalue weighted by Gasteiger charge is -2.22. The molecule has 0 aliphatic rings. The van der Waals surface area contributed by atoms with Crippen LogP contribution in [0.1, 0.15) is 11.4 Å². The first-order valence-electron chi connectivity index (χ1n) is 8.07. The highest BCUT2D eigenvalue weighted by Crippen LogP contribution is 2.27. The van der Waals surface area contributed by atoms with E-state index in [4.69, 9.17) is 0 Å². The van der Waals surface area contributed by atoms with Crippen molar-refractivity contribution >= 4 is 27.8 Å². The zero-order chi connectivity index (χ0) is 20.0. The molecule has 0 unspecified atom stereocenters. The van der Waals surface area contributed by atoms with E-state index in [0.717, 1.165) is 22.4 Å². The molecule has 0 aliphatic carbocycles. The maximum absolute atomic E-state index is 12.6. The molecule has 11 heteroatoms. The molecule has 2 N–H and O–H groups in total. The third-order valence-electron chi connectivity index (χ3n) is 3.68. The molecule has 7 nitrogen and oxygen atoms in total. The molecule has 0 atom stereocenters. The van der Waals surface area contributed by atoms with Crippen LogP contribution in [0.2, 0.25) is 0 Å². The van der Waals surface area contributed by atoms with Gasteiger partial charge in [-0.2, -0.15) is 13.2 Å². The Morgan fingerprint density at radius 1 is 1.37 bits per heavy atom. The van der Waals surface area contributed by atoms with Gasteiger partial charge in [0.1, 0.15) is 5.69 Å². The first kappa shape index (κ1) is 21.0. The minimum absolute atomic E-state index is 0.0661. The van der Waals surface area contributed by atoms with Crippen LogP contribution in [0.15, 0.2) is 34.0 Å². The fourth-order valence-electron chi connectivity index (χ4n) is 2.38. The lowest BCUT2D eigenvalue weighted by Crippen LogP contribution is -2.40. The van der Waals surface area contributed by atoms with Crippen molar-refractivity contribution in [3.8, 4) is 0 Å². The number of nitrogens with one attached hydrogen (secondary N) is 2. The van der Waals surface area contributed by atoms with Gasteiger partial charge >= 0.3 is 6.18 Å². The van der Waals surface area contributed by atoms with E-state index in [-0.39, 0.29) is 5.95 Å². The molecular weight excluding hydrogens is 427 g/mol. The van der Waals surface area contributed by atoms with Crippen LogP contribution in [0.4, 0.5) is 19.1 Å². The van der Waals surface area contributed by atoms with Crippen molar-refractivity contribution < 1.29 is 13.2 Å². The summed E-state index contributed by atoms with van der Waals surface area (Å²) in [5.41, 5.74) is 0.125. The van der Waals surface area contributed by atoms with Crippen molar-refractivity contribution in [3.63, 3.8) is 0 Å². The Morgan fingerprint density at radius 3 is 2.70 bits per heavy atom. The monoisotopic (exact) mass is 447 g/mol. The van der Waals surface area contributed by atoms with Crippen molar-refractivity contribution in [1.29, 1.82) is 0 Å². The second kappa shape index (κ2) is 9.07. The average molecular weight is 448 g/mol. The van der Waals surface area contributed by atoms with Crippen LogP contribution in [0.25, 0.3) is 0 Å². The highest BCUT2D eigenvalue weighted by Gasteiger charge is 2.32. The molecule has 27 heavy (non-hydrogen) atoms. The molecule has 0 fully saturated rings. The highest BCUT2D eigenvalue weighted by atomic mass is 79.9. The highest BCUT2D eigenvalue weighted by molar-refractivity contribution is 9.10. The van der Waals surface area contributed by atoms with E-state index in [1.54, 1.807) is 7.05 Å². The van der Waals surface area contributed by atoms with Gasteiger partial charge in [0.25, 0.3) is 0 Å². The van der Waals surface area contributed by atoms with Crippen molar-refractivity contribution in [2.75, 3.05) is 32.5 Å². The van der Waals surface area contributed by atoms with E-state index in [0.29, 0.717) is 25.6 Å². The van der Waals surface area contributed by atoms with E-state index in [1.807, 2.05) is 35.8 Å². The molecule has 0 saturated carbocycles. The van der Waals surface area contributed by atoms with E-state index in [1.165, 1.54) is 0 Å². The van der Waals surface area contributed by atoms with Gasteiger partial charge in [0.05, 0.1) is 6.54 Å². The van der Waals surface area contributed by atoms with Gasteiger partial charge in [-0.1, -0.05) is 0 Å². The van der Waals surface area contributed by atoms with Crippen molar-refractivity contribution in [2.24, 2.45) is 12.0 Å². The van der Waals surface area contributed by atoms with Crippen LogP contribution in [0.5, 0.6) is 0 Å². The van der Waals surface area contributed by atoms with Crippen LogP contribution in [-0.4, -0.2) is 52.6 Å². The van der Waals surface area contributed by atoms with Gasteiger partial charge in [-0.05, 0) is 28.1 Å². The van der Waals surface area contributed by atoms with Crippen molar-refractivity contribution in [1.82, 2.24) is 24.8 Å². The number of nitrogens with zero attached hydrogens (tertiary/aromatic N) is 5. The maximum atomic E-state index is 12.6. The normalized spacial score (nSPS) is 12.2. The lowest BCUT2D eigenvalue weighted by atomic mass is 10.4. The fourth-order valence-corrected chi connectivity index (χ4v) is 2.95. The number of hydrogen-bond donors (Lipinski definition) is 2. The van der Waals surface area contributed by atoms with Crippen LogP contribution in [0, 0.1) is 0 Å². The smallest absolute Gasteiger partial charge is 0.354 e. The number of aryl methyl sites for hydroxylation is 1. The number of halogens is 4. The summed E-state index contributed by atoms with van der Waals surface area (Å²) < 4.78 is 41.0. The molecule has 0 aromatic carbocycles. The van der Waals surface area contributed by atoms with Crippen LogP contribution >= 0.6 is 15.9 Å². The van der Waals surface area contributed by atoms with Gasteiger partial charge in [-0.3, -0.25) is 4.99 Å². The third kappa shape index (κ3) is 6.12. The molecule has 0 saturated heterocycles. The van der Waals surface area contributed by atoms with Crippen LogP contribution in [-0.2, 0) is 19.8 Å². The molecule has 0 amide bonds. The summed E-state index contributed by atoms with van der Waals surface area (Å²) in [5.74, 6) is 0.600. The first-order valence-corrected chi connectivity index (χ1v) is 8.86. The zero-order valence-electron chi connectivity index (χ0n) is 15.2. The van der Waals surface area contributed by atoms with Crippen LogP contribution in [0.3, 0.4) is 0 Å². The summed E-state index contributed by atoms with van der Waals surface area (Å²) in [6, 6.07) is 2.86. The van der Waals surface area contributed by atoms with Crippen molar-refractivity contribution in [2.45, 2.75) is 12.7 Å². The number of anilines is 1. The molecule has 0 bridgehead atoms. The number of aliphatic imine (C=N–C) groups is 1. The zero-order valence-corrected chi connectivity index (χ0v) is 16.8. The average Bonchev–Trinajstić information content (AvgIpc) is 2.91. The topological polar surface area (TPSA) is 70.4 Å². The van der Waals surface area contributed by atoms with Crippen LogP contribution < -0.4 is 10.6 Å². The number of alkyl halides is 3. The van der Waals surface area contributed by atoms with Gasteiger partial charge in [0.2, 0.25) is 5.95 Å². The largest absolute Gasteiger partial charge is 0.433 e. The third-order valence-corrected chi connectivity index (χ3v) is 4.12. The number of aromatic nitrogens is 3. The Balaban J connectivity index is 1.83. The summed E-state index contributed by atoms with van der Waals surface area (Å²) >= 11 is 3.44. The van der Waals surface area contributed by atoms with Crippen molar-refractivity contribution in [3.05, 3.63) is 40.4 Å². The standard InChI is InChI=1S/C16H21BrF3N7/c1-21-15(27(3)10-12-8-11(17)9-26(12)2)24-7-6-23-14-22-5-4-13(25-14)16(18,19)20/h4-5,8-9H,6-7,10H2,1-3H3,(H,21,24)(H,22,23,25). The van der Waals surface area contributed by atoms with Gasteiger partial charge in [0, 0.05) is 56.8 Å². The quantitative estimate of drug-likeness (QED) is 0.404. The maximum Gasteiger partial charge on any atom is 0.433 e. The number of rotatable bonds is 6. The van der Waals surface area contributed by atoms with E-state index < -0.39 is 11.9 Å². The molecule has 148 valence electrons. The molecule has 0 spiro atoms. The van der Waals surface area contributed by atoms with Gasteiger partial charge in [-0.25, -0.2) is 9.97 Å². The van der Waals surface area contributed by atoms with E-state index >= 15 is 0 Å². The summed E-state index contributed by atoms with van der Waals surface area (Å²) in [5, 5.41) is 5.91. The molecule has 0 aliphatic heterocycles. The summed E-state index contributed by atoms with van der Waals surface area (Å²) in [4.78, 5) is 13.4. The Morgan fingerprint density at radius 2 is 2.11 bits per heavy atom. The minimum atomic E-state index is -4.49. The Labute approximate surface area is 163 Å². The predicted octanol–water partition coefficient (Wildman–Crippen LogP) is 2.72. The first-order chi connectivity index (χ1) is 12.7. The second-order valence-corrected chi connectivity index (χ2v) is 6.70. The Hall–Kier alpha value is -2.30. The van der Waals surface area contributed by atoms with Gasteiger partial charge < -0.3 is 20.1 Å². The number of hydrogen-bond acceptors (Lipinski definition) is 4. The predicted molar refractivity (Wildman–Crippen MR) is 101 cm³/mol. The fraction of sp³-hybridized carbons (Fsp3) is 0.438. The SMILES string of the molecule is CN=C(NCCNc1nccc(C(F)(F)F)n1)N(C)Cc1cc(Br)cn1C. The Kier molecular flexibility index (Phi) is 7.05. The summed E-state index contributed by atoms with van der Waals surface area (Å²) in [6.07, 6.45) is -1.44. The van der Waals surface area contributed by atoms with Gasteiger partial charge in [0.15, 0.2) is 5.96 Å². The number of guanidine groups is 1. The second-order valence-electron chi connectivity index (χ2n) is 5.78. The van der Waals surface area contributed by atoms with E-state index in [9.17, 15) is 13.2 Å². The molecule has 2 aromatic heterocycles. The minimum Gasteiger partial charge on any atom is -0.354 e. The molecule has 0 radical (unpaired) electrons. The van der Waals surface area contributed by atoms with Gasteiger partial charge in [-0.15, -0.1) is 0 Å². The Bertz CT molecular complexity index is 789. The molecule has 2 heterocycles.